The van der Waals surface area contributed by atoms with Gasteiger partial charge in [-0.2, -0.15) is 0 Å². The van der Waals surface area contributed by atoms with Crippen molar-refractivity contribution in [3.8, 4) is 17.0 Å². The van der Waals surface area contributed by atoms with Gasteiger partial charge in [-0.3, -0.25) is 9.78 Å². The first-order valence-corrected chi connectivity index (χ1v) is 9.80. The fourth-order valence-corrected chi connectivity index (χ4v) is 3.35. The molecule has 4 rings (SSSR count). The molecule has 1 fully saturated rings. The lowest BCUT2D eigenvalue weighted by atomic mass is 10.2. The molecule has 1 aliphatic heterocycles. The maximum absolute atomic E-state index is 13.0. The van der Waals surface area contributed by atoms with Gasteiger partial charge in [-0.15, -0.1) is 10.2 Å². The number of pyridine rings is 1. The number of carbonyl (C=O) groups excluding carboxylic acids is 1. The van der Waals surface area contributed by atoms with Crippen LogP contribution in [0.25, 0.3) is 11.3 Å². The third kappa shape index (κ3) is 4.53. The van der Waals surface area contributed by atoms with E-state index in [1.54, 1.807) is 24.2 Å². The molecule has 1 aromatic carbocycles. The first-order chi connectivity index (χ1) is 14.6. The number of amides is 1. The quantitative estimate of drug-likeness (QED) is 0.648. The predicted molar refractivity (Wildman–Crippen MR) is 111 cm³/mol. The number of rotatable bonds is 5. The molecule has 1 unspecified atom stereocenters. The second kappa shape index (κ2) is 8.86. The van der Waals surface area contributed by atoms with Crippen molar-refractivity contribution in [2.45, 2.75) is 13.0 Å². The lowest BCUT2D eigenvalue weighted by molar-refractivity contribution is -0.138. The molecule has 0 aliphatic carbocycles. The van der Waals surface area contributed by atoms with Crippen LogP contribution in [0.2, 0.25) is 0 Å². The van der Waals surface area contributed by atoms with Gasteiger partial charge in [0, 0.05) is 44.1 Å². The van der Waals surface area contributed by atoms with Crippen molar-refractivity contribution in [3.63, 3.8) is 0 Å². The van der Waals surface area contributed by atoms with Crippen LogP contribution < -0.4 is 9.64 Å². The summed E-state index contributed by atoms with van der Waals surface area (Å²) in [6.45, 7) is 4.19. The summed E-state index contributed by atoms with van der Waals surface area (Å²) in [6, 6.07) is 13.3. The zero-order chi connectivity index (χ0) is 20.9. The molecule has 0 bridgehead atoms. The Labute approximate surface area is 174 Å². The molecule has 0 saturated carbocycles. The molecular weight excluding hydrogens is 385 g/mol. The summed E-state index contributed by atoms with van der Waals surface area (Å²) in [7, 11) is 0. The topological polar surface area (TPSA) is 71.5 Å². The normalized spacial score (nSPS) is 15.0. The van der Waals surface area contributed by atoms with Crippen LogP contribution in [0.1, 0.15) is 6.92 Å². The van der Waals surface area contributed by atoms with E-state index in [1.807, 2.05) is 24.3 Å². The Bertz CT molecular complexity index is 975. The molecule has 1 aliphatic rings. The van der Waals surface area contributed by atoms with E-state index >= 15 is 0 Å². The molecule has 0 N–H and O–H groups in total. The molecule has 3 heterocycles. The Kier molecular flexibility index (Phi) is 5.83. The van der Waals surface area contributed by atoms with Crippen molar-refractivity contribution in [2.24, 2.45) is 0 Å². The number of ether oxygens (including phenoxy) is 1. The molecule has 1 saturated heterocycles. The van der Waals surface area contributed by atoms with Gasteiger partial charge in [0.2, 0.25) is 0 Å². The maximum Gasteiger partial charge on any atom is 0.263 e. The van der Waals surface area contributed by atoms with Crippen LogP contribution in [0.4, 0.5) is 10.2 Å². The van der Waals surface area contributed by atoms with E-state index in [4.69, 9.17) is 4.74 Å². The van der Waals surface area contributed by atoms with E-state index in [0.29, 0.717) is 31.9 Å². The van der Waals surface area contributed by atoms with Crippen LogP contribution in [0.15, 0.2) is 60.9 Å². The number of carbonyl (C=O) groups is 1. The first-order valence-electron chi connectivity index (χ1n) is 9.80. The zero-order valence-electron chi connectivity index (χ0n) is 16.6. The number of anilines is 1. The molecule has 1 amide bonds. The van der Waals surface area contributed by atoms with Gasteiger partial charge in [-0.05, 0) is 55.5 Å². The third-order valence-corrected chi connectivity index (χ3v) is 5.02. The van der Waals surface area contributed by atoms with Crippen molar-refractivity contribution in [2.75, 3.05) is 31.1 Å². The van der Waals surface area contributed by atoms with Crippen molar-refractivity contribution in [1.29, 1.82) is 0 Å². The number of piperazine rings is 1. The van der Waals surface area contributed by atoms with Crippen molar-refractivity contribution in [3.05, 3.63) is 66.7 Å². The molecule has 0 spiro atoms. The number of nitrogens with zero attached hydrogens (tertiary/aromatic N) is 5. The molecule has 0 radical (unpaired) electrons. The predicted octanol–water partition coefficient (Wildman–Crippen LogP) is 2.79. The summed E-state index contributed by atoms with van der Waals surface area (Å²) in [4.78, 5) is 20.6. The van der Waals surface area contributed by atoms with Gasteiger partial charge >= 0.3 is 0 Å². The second-order valence-corrected chi connectivity index (χ2v) is 7.04. The average Bonchev–Trinajstić information content (AvgIpc) is 2.81. The Balaban J connectivity index is 1.32. The van der Waals surface area contributed by atoms with E-state index in [-0.39, 0.29) is 11.7 Å². The van der Waals surface area contributed by atoms with Crippen LogP contribution in [-0.2, 0) is 4.79 Å². The highest BCUT2D eigenvalue weighted by atomic mass is 19.1. The lowest BCUT2D eigenvalue weighted by Crippen LogP contribution is -2.52. The molecular formula is C22H22FN5O2. The Morgan fingerprint density at radius 2 is 1.67 bits per heavy atom. The maximum atomic E-state index is 13.0. The number of aromatic nitrogens is 3. The van der Waals surface area contributed by atoms with E-state index in [9.17, 15) is 9.18 Å². The molecule has 8 heteroatoms. The fourth-order valence-electron chi connectivity index (χ4n) is 3.35. The van der Waals surface area contributed by atoms with Gasteiger partial charge in [-0.1, -0.05) is 0 Å². The number of halogens is 1. The number of benzene rings is 1. The van der Waals surface area contributed by atoms with E-state index in [2.05, 4.69) is 20.1 Å². The summed E-state index contributed by atoms with van der Waals surface area (Å²) in [5.74, 6) is 0.836. The van der Waals surface area contributed by atoms with Crippen LogP contribution in [0, 0.1) is 5.82 Å². The molecule has 154 valence electrons. The Hall–Kier alpha value is -3.55. The first kappa shape index (κ1) is 19.8. The monoisotopic (exact) mass is 407 g/mol. The smallest absolute Gasteiger partial charge is 0.263 e. The minimum Gasteiger partial charge on any atom is -0.481 e. The van der Waals surface area contributed by atoms with Crippen molar-refractivity contribution >= 4 is 11.7 Å². The highest BCUT2D eigenvalue weighted by molar-refractivity contribution is 5.81. The minimum atomic E-state index is -0.638. The third-order valence-electron chi connectivity index (χ3n) is 5.02. The second-order valence-electron chi connectivity index (χ2n) is 7.04. The summed E-state index contributed by atoms with van der Waals surface area (Å²) in [5, 5.41) is 8.66. The molecule has 1 atom stereocenters. The summed E-state index contributed by atoms with van der Waals surface area (Å²) < 4.78 is 18.7. The van der Waals surface area contributed by atoms with Gasteiger partial charge in [0.05, 0.1) is 5.69 Å². The van der Waals surface area contributed by atoms with Crippen LogP contribution in [0.5, 0.6) is 5.75 Å². The standard InChI is InChI=1S/C22H22FN5O2/c1-16(30-19-4-2-18(23)3-5-19)22(29)28-14-12-27(13-15-28)21-7-6-20(25-26-21)17-8-10-24-11-9-17/h2-11,16H,12-15H2,1H3. The molecule has 2 aromatic heterocycles. The number of hydrogen-bond acceptors (Lipinski definition) is 6. The van der Waals surface area contributed by atoms with Crippen molar-refractivity contribution in [1.82, 2.24) is 20.1 Å². The Morgan fingerprint density at radius 1 is 0.967 bits per heavy atom. The largest absolute Gasteiger partial charge is 0.481 e. The van der Waals surface area contributed by atoms with E-state index in [1.165, 1.54) is 24.3 Å². The highest BCUT2D eigenvalue weighted by Crippen LogP contribution is 2.19. The molecule has 7 nitrogen and oxygen atoms in total. The van der Waals surface area contributed by atoms with Gasteiger partial charge < -0.3 is 14.5 Å². The van der Waals surface area contributed by atoms with E-state index in [0.717, 1.165) is 17.1 Å². The van der Waals surface area contributed by atoms with E-state index < -0.39 is 6.10 Å². The molecule has 30 heavy (non-hydrogen) atoms. The highest BCUT2D eigenvalue weighted by Gasteiger charge is 2.26. The average molecular weight is 407 g/mol. The summed E-state index contributed by atoms with van der Waals surface area (Å²) >= 11 is 0. The van der Waals surface area contributed by atoms with Crippen LogP contribution in [-0.4, -0.2) is 58.3 Å². The van der Waals surface area contributed by atoms with Gasteiger partial charge in [0.1, 0.15) is 11.6 Å². The van der Waals surface area contributed by atoms with Crippen molar-refractivity contribution < 1.29 is 13.9 Å². The minimum absolute atomic E-state index is 0.0851. The van der Waals surface area contributed by atoms with Crippen LogP contribution >= 0.6 is 0 Å². The summed E-state index contributed by atoms with van der Waals surface area (Å²) in [5.41, 5.74) is 1.76. The lowest BCUT2D eigenvalue weighted by Gasteiger charge is -2.36. The van der Waals surface area contributed by atoms with Gasteiger partial charge in [0.25, 0.3) is 5.91 Å². The number of hydrogen-bond donors (Lipinski definition) is 0. The summed E-state index contributed by atoms with van der Waals surface area (Å²) in [6.07, 6.45) is 2.81. The van der Waals surface area contributed by atoms with Crippen LogP contribution in [0.3, 0.4) is 0 Å². The Morgan fingerprint density at radius 3 is 2.30 bits per heavy atom. The SMILES string of the molecule is CC(Oc1ccc(F)cc1)C(=O)N1CCN(c2ccc(-c3ccncc3)nn2)CC1. The fraction of sp³-hybridized carbons (Fsp3) is 0.273. The van der Waals surface area contributed by atoms with Gasteiger partial charge in [-0.25, -0.2) is 4.39 Å². The molecule has 3 aromatic rings. The zero-order valence-corrected chi connectivity index (χ0v) is 16.6. The van der Waals surface area contributed by atoms with Gasteiger partial charge in [0.15, 0.2) is 11.9 Å².